The zero-order valence-corrected chi connectivity index (χ0v) is 27.0. The second kappa shape index (κ2) is 9.48. The number of benzene rings is 4. The van der Waals surface area contributed by atoms with Gasteiger partial charge in [-0.3, -0.25) is 0 Å². The first kappa shape index (κ1) is 27.8. The van der Waals surface area contributed by atoms with E-state index < -0.39 is 0 Å². The second-order valence-electron chi connectivity index (χ2n) is 14.8. The largest absolute Gasteiger partial charge is 0.310 e. The molecule has 0 saturated heterocycles. The van der Waals surface area contributed by atoms with E-state index in [9.17, 15) is 0 Å². The molecule has 0 unspecified atom stereocenters. The van der Waals surface area contributed by atoms with Crippen LogP contribution in [0.4, 0.5) is 28.4 Å². The molecule has 43 heavy (non-hydrogen) atoms. The molecule has 2 heteroatoms. The Kier molecular flexibility index (Phi) is 6.12. The van der Waals surface area contributed by atoms with Gasteiger partial charge in [-0.15, -0.1) is 0 Å². The molecule has 0 fully saturated rings. The molecule has 4 aromatic carbocycles. The lowest BCUT2D eigenvalue weighted by Gasteiger charge is -2.50. The third kappa shape index (κ3) is 4.21. The van der Waals surface area contributed by atoms with Crippen molar-refractivity contribution in [2.75, 3.05) is 9.80 Å². The van der Waals surface area contributed by atoms with Crippen LogP contribution in [0.25, 0.3) is 0 Å². The van der Waals surface area contributed by atoms with Crippen LogP contribution in [-0.4, -0.2) is 0 Å². The van der Waals surface area contributed by atoms with Crippen molar-refractivity contribution in [3.8, 4) is 0 Å². The predicted molar refractivity (Wildman–Crippen MR) is 184 cm³/mol. The van der Waals surface area contributed by atoms with E-state index in [1.165, 1.54) is 62.0 Å². The van der Waals surface area contributed by atoms with E-state index in [1.807, 2.05) is 0 Å². The Balaban J connectivity index is 1.45. The predicted octanol–water partition coefficient (Wildman–Crippen LogP) is 11.4. The number of aryl methyl sites for hydroxylation is 1. The van der Waals surface area contributed by atoms with Crippen molar-refractivity contribution in [1.82, 2.24) is 0 Å². The van der Waals surface area contributed by atoms with Gasteiger partial charge in [0, 0.05) is 33.6 Å². The maximum Gasteiger partial charge on any atom is 0.0543 e. The Labute approximate surface area is 258 Å². The van der Waals surface area contributed by atoms with Gasteiger partial charge >= 0.3 is 0 Å². The Morgan fingerprint density at radius 1 is 0.698 bits per heavy atom. The van der Waals surface area contributed by atoms with Crippen LogP contribution in [0.15, 0.2) is 108 Å². The van der Waals surface area contributed by atoms with Gasteiger partial charge in [-0.2, -0.15) is 0 Å². The first-order chi connectivity index (χ1) is 20.4. The molecule has 0 amide bonds. The van der Waals surface area contributed by atoms with E-state index in [4.69, 9.17) is 0 Å². The van der Waals surface area contributed by atoms with Crippen LogP contribution < -0.4 is 9.80 Å². The zero-order valence-electron chi connectivity index (χ0n) is 27.0. The zero-order chi connectivity index (χ0) is 30.3. The van der Waals surface area contributed by atoms with Crippen molar-refractivity contribution < 1.29 is 0 Å². The minimum atomic E-state index is -0.159. The summed E-state index contributed by atoms with van der Waals surface area (Å²) in [5.74, 6) is 0. The third-order valence-electron chi connectivity index (χ3n) is 10.2. The molecule has 2 heterocycles. The van der Waals surface area contributed by atoms with Gasteiger partial charge in [0.2, 0.25) is 0 Å². The lowest BCUT2D eigenvalue weighted by Crippen LogP contribution is -2.40. The van der Waals surface area contributed by atoms with Crippen LogP contribution in [0.1, 0.15) is 89.1 Å². The highest BCUT2D eigenvalue weighted by molar-refractivity contribution is 5.89. The number of para-hydroxylation sites is 1. The smallest absolute Gasteiger partial charge is 0.0543 e. The summed E-state index contributed by atoms with van der Waals surface area (Å²) in [6.45, 7) is 18.7. The molecular formula is C41H44N2. The number of allylic oxidation sites excluding steroid dienone is 3. The highest BCUT2D eigenvalue weighted by Crippen LogP contribution is 2.59. The number of hydrogen-bond acceptors (Lipinski definition) is 2. The topological polar surface area (TPSA) is 6.48 Å². The highest BCUT2D eigenvalue weighted by atomic mass is 15.2. The summed E-state index contributed by atoms with van der Waals surface area (Å²) in [4.78, 5) is 5.01. The minimum absolute atomic E-state index is 0.0106. The van der Waals surface area contributed by atoms with Crippen molar-refractivity contribution in [3.63, 3.8) is 0 Å². The Hall–Kier alpha value is -4.04. The maximum absolute atomic E-state index is 2.58. The Morgan fingerprint density at radius 2 is 1.35 bits per heavy atom. The summed E-state index contributed by atoms with van der Waals surface area (Å²) in [7, 11) is 0. The molecule has 7 rings (SSSR count). The monoisotopic (exact) mass is 564 g/mol. The fourth-order valence-electron chi connectivity index (χ4n) is 7.65. The average Bonchev–Trinajstić information content (AvgIpc) is 2.97. The van der Waals surface area contributed by atoms with Gasteiger partial charge in [-0.05, 0) is 107 Å². The number of anilines is 5. The molecule has 3 aliphatic rings. The molecule has 0 N–H and O–H groups in total. The van der Waals surface area contributed by atoms with E-state index in [-0.39, 0.29) is 16.2 Å². The summed E-state index contributed by atoms with van der Waals surface area (Å²) in [6.07, 6.45) is 6.96. The molecule has 2 aliphatic heterocycles. The molecule has 2 nitrogen and oxygen atoms in total. The first-order valence-electron chi connectivity index (χ1n) is 15.9. The number of hydrogen-bond donors (Lipinski definition) is 0. The van der Waals surface area contributed by atoms with Gasteiger partial charge in [0.05, 0.1) is 11.4 Å². The molecule has 0 aromatic heterocycles. The van der Waals surface area contributed by atoms with Gasteiger partial charge in [0.1, 0.15) is 0 Å². The summed E-state index contributed by atoms with van der Waals surface area (Å²) in [6, 6.07) is 32.2. The summed E-state index contributed by atoms with van der Waals surface area (Å²) >= 11 is 0. The standard InChI is InChI=1S/C41H44N2/c1-27-13-11-14-30(25-27)42(29-21-19-28(20-22-29)39(2,3)4)31-23-24-37-35(26-31)41(7,8)34-17-12-16-33-38(34)43(37)36-18-10-9-15-32(36)40(33,5)6/h10-14,16-26H,9,15H2,1-8H3. The van der Waals surface area contributed by atoms with Crippen LogP contribution in [0.2, 0.25) is 0 Å². The molecule has 0 saturated carbocycles. The molecule has 1 aliphatic carbocycles. The van der Waals surface area contributed by atoms with Crippen LogP contribution in [0, 0.1) is 6.92 Å². The minimum Gasteiger partial charge on any atom is -0.310 e. The maximum atomic E-state index is 2.58. The molecule has 0 spiro atoms. The van der Waals surface area contributed by atoms with Gasteiger partial charge in [-0.25, -0.2) is 0 Å². The number of rotatable bonds is 3. The van der Waals surface area contributed by atoms with Gasteiger partial charge in [0.25, 0.3) is 0 Å². The third-order valence-corrected chi connectivity index (χ3v) is 10.2. The van der Waals surface area contributed by atoms with E-state index in [0.717, 1.165) is 12.8 Å². The quantitative estimate of drug-likeness (QED) is 0.244. The summed E-state index contributed by atoms with van der Waals surface area (Å²) in [5, 5.41) is 0. The number of nitrogens with zero attached hydrogens (tertiary/aromatic N) is 2. The SMILES string of the molecule is Cc1cccc(N(c2ccc(C(C)(C)C)cc2)c2ccc3c(c2)C(C)(C)c2cccc4c2N3C2=C(CCC=C2)C4(C)C)c1. The van der Waals surface area contributed by atoms with Crippen LogP contribution in [-0.2, 0) is 16.2 Å². The van der Waals surface area contributed by atoms with E-state index in [2.05, 4.69) is 162 Å². The summed E-state index contributed by atoms with van der Waals surface area (Å²) < 4.78 is 0. The number of fused-ring (bicyclic) bond motifs is 3. The lowest BCUT2D eigenvalue weighted by atomic mass is 9.65. The molecular weight excluding hydrogens is 520 g/mol. The molecule has 0 radical (unpaired) electrons. The average molecular weight is 565 g/mol. The Morgan fingerprint density at radius 3 is 2.05 bits per heavy atom. The van der Waals surface area contributed by atoms with Gasteiger partial charge in [0.15, 0.2) is 0 Å². The molecule has 218 valence electrons. The van der Waals surface area contributed by atoms with Crippen molar-refractivity contribution in [2.45, 2.75) is 84.5 Å². The summed E-state index contributed by atoms with van der Waals surface area (Å²) in [5.41, 5.74) is 15.9. The van der Waals surface area contributed by atoms with E-state index >= 15 is 0 Å². The van der Waals surface area contributed by atoms with Gasteiger partial charge in [-0.1, -0.05) is 97.0 Å². The van der Waals surface area contributed by atoms with Crippen LogP contribution in [0.5, 0.6) is 0 Å². The van der Waals surface area contributed by atoms with E-state index in [1.54, 1.807) is 5.57 Å². The van der Waals surface area contributed by atoms with Crippen molar-refractivity contribution in [1.29, 1.82) is 0 Å². The van der Waals surface area contributed by atoms with Crippen LogP contribution in [0.3, 0.4) is 0 Å². The fourth-order valence-corrected chi connectivity index (χ4v) is 7.65. The normalized spacial score (nSPS) is 17.7. The first-order valence-corrected chi connectivity index (χ1v) is 15.9. The van der Waals surface area contributed by atoms with Crippen molar-refractivity contribution in [2.24, 2.45) is 0 Å². The molecule has 0 bridgehead atoms. The highest BCUT2D eigenvalue weighted by Gasteiger charge is 2.46. The fraction of sp³-hybridized carbons (Fsp3) is 0.317. The molecule has 4 aromatic rings. The Bertz CT molecular complexity index is 1810. The van der Waals surface area contributed by atoms with Crippen LogP contribution >= 0.6 is 0 Å². The molecule has 0 atom stereocenters. The lowest BCUT2D eigenvalue weighted by molar-refractivity contribution is 0.555. The van der Waals surface area contributed by atoms with Crippen molar-refractivity contribution in [3.05, 3.63) is 136 Å². The van der Waals surface area contributed by atoms with Crippen molar-refractivity contribution >= 4 is 28.4 Å². The van der Waals surface area contributed by atoms with Gasteiger partial charge < -0.3 is 9.80 Å². The van der Waals surface area contributed by atoms with E-state index in [0.29, 0.717) is 0 Å². The second-order valence-corrected chi connectivity index (χ2v) is 14.8.